The van der Waals surface area contributed by atoms with Crippen LogP contribution in [0.15, 0.2) is 34.8 Å². The van der Waals surface area contributed by atoms with E-state index in [2.05, 4.69) is 4.98 Å². The maximum Gasteiger partial charge on any atom is 0.309 e. The van der Waals surface area contributed by atoms with E-state index < -0.39 is 41.7 Å². The van der Waals surface area contributed by atoms with Crippen molar-refractivity contribution >= 4 is 29.2 Å². The van der Waals surface area contributed by atoms with Gasteiger partial charge in [0.05, 0.1) is 53.4 Å². The van der Waals surface area contributed by atoms with E-state index in [0.717, 1.165) is 21.8 Å². The summed E-state index contributed by atoms with van der Waals surface area (Å²) in [7, 11) is 0. The molecule has 0 spiro atoms. The van der Waals surface area contributed by atoms with Crippen LogP contribution in [-0.2, 0) is 19.1 Å². The number of aliphatic hydroxyl groups excluding tert-OH is 2. The fourth-order valence-corrected chi connectivity index (χ4v) is 4.86. The second-order valence-electron chi connectivity index (χ2n) is 10.5. The predicted molar refractivity (Wildman–Crippen MR) is 147 cm³/mol. The normalized spacial score (nSPS) is 30.7. The van der Waals surface area contributed by atoms with Crippen LogP contribution in [0.1, 0.15) is 77.9 Å². The lowest BCUT2D eigenvalue weighted by molar-refractivity contribution is -0.155. The molecule has 37 heavy (non-hydrogen) atoms. The number of rotatable bonds is 4. The summed E-state index contributed by atoms with van der Waals surface area (Å²) in [5.74, 6) is -1.68. The highest BCUT2D eigenvalue weighted by molar-refractivity contribution is 7.09. The molecule has 8 heteroatoms. The Kier molecular flexibility index (Phi) is 11.9. The second kappa shape index (κ2) is 14.1. The summed E-state index contributed by atoms with van der Waals surface area (Å²) in [4.78, 5) is 31.0. The molecule has 2 rings (SSSR count). The van der Waals surface area contributed by atoms with Crippen molar-refractivity contribution in [1.29, 1.82) is 0 Å². The van der Waals surface area contributed by atoms with Crippen molar-refractivity contribution < 1.29 is 29.3 Å². The minimum absolute atomic E-state index is 0.311. The lowest BCUT2D eigenvalue weighted by Crippen LogP contribution is -2.48. The zero-order valence-corrected chi connectivity index (χ0v) is 24.0. The average molecular weight is 534 g/mol. The number of hydrogen-bond donors (Lipinski definition) is 2. The first-order valence-electron chi connectivity index (χ1n) is 12.9. The Balaban J connectivity index is 2.38. The van der Waals surface area contributed by atoms with Gasteiger partial charge in [-0.15, -0.1) is 11.3 Å². The van der Waals surface area contributed by atoms with Crippen LogP contribution in [0.3, 0.4) is 0 Å². The van der Waals surface area contributed by atoms with Gasteiger partial charge in [0.2, 0.25) is 0 Å². The molecule has 0 radical (unpaired) electrons. The maximum atomic E-state index is 13.6. The minimum Gasteiger partial charge on any atom is -0.457 e. The summed E-state index contributed by atoms with van der Waals surface area (Å²) in [6.45, 7) is 13.0. The van der Waals surface area contributed by atoms with Crippen LogP contribution in [0.2, 0.25) is 0 Å². The van der Waals surface area contributed by atoms with Crippen LogP contribution in [0.4, 0.5) is 0 Å². The SMILES string of the molecule is C/C=C/C[C@H]1C(=O)C(C)(C)[C@@H](O)CC(=O)O[C@H](/C(C)=C/c2csc(C)n2)C/C=C(/C)CCO[C@H](C)[C@H]1O. The number of ether oxygens (including phenoxy) is 2. The van der Waals surface area contributed by atoms with Crippen molar-refractivity contribution in [2.24, 2.45) is 11.3 Å². The number of ketones is 1. The number of cyclic esters (lactones) is 1. The lowest BCUT2D eigenvalue weighted by atomic mass is 9.72. The molecule has 1 aliphatic rings. The Morgan fingerprint density at radius 2 is 1.97 bits per heavy atom. The zero-order valence-electron chi connectivity index (χ0n) is 23.2. The molecule has 0 saturated carbocycles. The molecule has 1 aromatic rings. The molecular weight excluding hydrogens is 490 g/mol. The average Bonchev–Trinajstić information content (AvgIpc) is 3.24. The molecule has 0 saturated heterocycles. The Morgan fingerprint density at radius 1 is 1.27 bits per heavy atom. The number of esters is 1. The minimum atomic E-state index is -1.28. The van der Waals surface area contributed by atoms with E-state index in [4.69, 9.17) is 9.47 Å². The number of aromatic nitrogens is 1. The van der Waals surface area contributed by atoms with Gasteiger partial charge in [-0.25, -0.2) is 4.98 Å². The van der Waals surface area contributed by atoms with Crippen LogP contribution in [-0.4, -0.2) is 58.0 Å². The van der Waals surface area contributed by atoms with Gasteiger partial charge in [0.1, 0.15) is 11.9 Å². The highest BCUT2D eigenvalue weighted by Crippen LogP contribution is 2.33. The van der Waals surface area contributed by atoms with Crippen LogP contribution in [0.5, 0.6) is 0 Å². The molecule has 0 fully saturated rings. The molecule has 0 aliphatic carbocycles. The van der Waals surface area contributed by atoms with Crippen molar-refractivity contribution in [3.8, 4) is 0 Å². The van der Waals surface area contributed by atoms with Gasteiger partial charge in [-0.05, 0) is 59.1 Å². The Morgan fingerprint density at radius 3 is 2.59 bits per heavy atom. The van der Waals surface area contributed by atoms with Crippen molar-refractivity contribution in [3.63, 3.8) is 0 Å². The van der Waals surface area contributed by atoms with Gasteiger partial charge in [0, 0.05) is 11.8 Å². The quantitative estimate of drug-likeness (QED) is 0.405. The molecule has 0 bridgehead atoms. The zero-order chi connectivity index (χ0) is 27.8. The predicted octanol–water partition coefficient (Wildman–Crippen LogP) is 5.20. The third-order valence-corrected chi connectivity index (χ3v) is 7.83. The highest BCUT2D eigenvalue weighted by Gasteiger charge is 2.44. The van der Waals surface area contributed by atoms with Gasteiger partial charge >= 0.3 is 5.97 Å². The van der Waals surface area contributed by atoms with E-state index in [9.17, 15) is 19.8 Å². The highest BCUT2D eigenvalue weighted by atomic mass is 32.1. The van der Waals surface area contributed by atoms with Gasteiger partial charge in [0.25, 0.3) is 0 Å². The Hall–Kier alpha value is -2.13. The topological polar surface area (TPSA) is 106 Å². The van der Waals surface area contributed by atoms with Gasteiger partial charge < -0.3 is 19.7 Å². The van der Waals surface area contributed by atoms with E-state index in [-0.39, 0.29) is 12.2 Å². The van der Waals surface area contributed by atoms with Gasteiger partial charge in [-0.2, -0.15) is 0 Å². The third kappa shape index (κ3) is 8.99. The summed E-state index contributed by atoms with van der Waals surface area (Å²) in [5, 5.41) is 24.9. The first-order chi connectivity index (χ1) is 17.4. The van der Waals surface area contributed by atoms with Gasteiger partial charge in [-0.1, -0.05) is 37.6 Å². The first-order valence-corrected chi connectivity index (χ1v) is 13.8. The van der Waals surface area contributed by atoms with Crippen molar-refractivity contribution in [2.75, 3.05) is 6.61 Å². The number of allylic oxidation sites excluding steroid dienone is 2. The molecule has 0 aromatic carbocycles. The molecule has 5 atom stereocenters. The summed E-state index contributed by atoms with van der Waals surface area (Å²) >= 11 is 1.55. The van der Waals surface area contributed by atoms with E-state index >= 15 is 0 Å². The fourth-order valence-electron chi connectivity index (χ4n) is 4.29. The standard InChI is InChI=1S/C29H43NO6S/c1-8-9-10-23-27(33)20(4)35-14-13-18(2)11-12-24(19(3)15-22-17-37-21(5)30-22)36-26(32)16-25(31)29(6,7)28(23)34/h8-9,11,15,17,20,23-25,27,31,33H,10,12-14,16H2,1-7H3/b9-8+,18-11-,19-15+/t20-,23-,24+,25+,27-/m1/s1. The number of Topliss-reactive ketones (excluding diaryl/α,β-unsaturated/α-hetero) is 1. The van der Waals surface area contributed by atoms with Crippen LogP contribution in [0.25, 0.3) is 6.08 Å². The smallest absolute Gasteiger partial charge is 0.309 e. The molecule has 0 amide bonds. The molecule has 1 aromatic heterocycles. The van der Waals surface area contributed by atoms with E-state index in [1.54, 1.807) is 32.1 Å². The Bertz CT molecular complexity index is 1010. The maximum absolute atomic E-state index is 13.6. The van der Waals surface area contributed by atoms with Crippen molar-refractivity contribution in [2.45, 2.75) is 98.6 Å². The number of aryl methyl sites for hydroxylation is 1. The van der Waals surface area contributed by atoms with E-state index in [1.807, 2.05) is 57.4 Å². The largest absolute Gasteiger partial charge is 0.457 e. The number of carbonyl (C=O) groups excluding carboxylic acids is 2. The van der Waals surface area contributed by atoms with Crippen LogP contribution in [0, 0.1) is 18.3 Å². The first kappa shape index (κ1) is 31.1. The molecule has 206 valence electrons. The van der Waals surface area contributed by atoms with Gasteiger partial charge in [0.15, 0.2) is 0 Å². The Labute approximate surface area is 225 Å². The van der Waals surface area contributed by atoms with E-state index in [0.29, 0.717) is 25.9 Å². The summed E-state index contributed by atoms with van der Waals surface area (Å²) in [6.07, 6.45) is 5.23. The number of carbonyl (C=O) groups is 2. The third-order valence-electron chi connectivity index (χ3n) is 7.04. The molecule has 2 N–H and O–H groups in total. The molecular formula is C29H43NO6S. The monoisotopic (exact) mass is 533 g/mol. The van der Waals surface area contributed by atoms with Crippen LogP contribution >= 0.6 is 11.3 Å². The molecule has 7 nitrogen and oxygen atoms in total. The van der Waals surface area contributed by atoms with Crippen molar-refractivity contribution in [3.05, 3.63) is 45.5 Å². The second-order valence-corrected chi connectivity index (χ2v) is 11.5. The van der Waals surface area contributed by atoms with Gasteiger partial charge in [-0.3, -0.25) is 9.59 Å². The number of aliphatic hydroxyl groups is 2. The van der Waals surface area contributed by atoms with E-state index in [1.165, 1.54) is 0 Å². The lowest BCUT2D eigenvalue weighted by Gasteiger charge is -2.35. The molecule has 0 unspecified atom stereocenters. The van der Waals surface area contributed by atoms with Crippen LogP contribution < -0.4 is 0 Å². The number of nitrogens with zero attached hydrogens (tertiary/aromatic N) is 1. The summed E-state index contributed by atoms with van der Waals surface area (Å²) in [6, 6.07) is 0. The summed E-state index contributed by atoms with van der Waals surface area (Å²) in [5.41, 5.74) is 1.43. The number of thiazole rings is 1. The number of hydrogen-bond acceptors (Lipinski definition) is 8. The molecule has 1 aliphatic heterocycles. The fraction of sp³-hybridized carbons (Fsp3) is 0.621. The summed E-state index contributed by atoms with van der Waals surface area (Å²) < 4.78 is 11.7. The van der Waals surface area contributed by atoms with Crippen molar-refractivity contribution in [1.82, 2.24) is 4.98 Å². The molecule has 2 heterocycles.